The van der Waals surface area contributed by atoms with Crippen LogP contribution in [0.5, 0.6) is 0 Å². The van der Waals surface area contributed by atoms with Crippen LogP contribution in [0.2, 0.25) is 0 Å². The molecule has 0 aromatic heterocycles. The van der Waals surface area contributed by atoms with Crippen molar-refractivity contribution in [2.45, 2.75) is 61.5 Å². The second kappa shape index (κ2) is 10.9. The minimum atomic E-state index is -0.672. The van der Waals surface area contributed by atoms with Crippen molar-refractivity contribution >= 4 is 29.5 Å². The van der Waals surface area contributed by atoms with Crippen LogP contribution >= 0.6 is 11.8 Å². The Hall–Kier alpha value is -1.80. The molecule has 3 heterocycles. The summed E-state index contributed by atoms with van der Waals surface area (Å²) in [4.78, 5) is 43.6. The number of hydrogen-bond acceptors (Lipinski definition) is 6. The molecule has 2 unspecified atom stereocenters. The first kappa shape index (κ1) is 24.8. The molecular weight excluding hydrogens is 428 g/mol. The highest BCUT2D eigenvalue weighted by Crippen LogP contribution is 2.66. The molecule has 8 heteroatoms. The zero-order chi connectivity index (χ0) is 23.3. The van der Waals surface area contributed by atoms with Crippen LogP contribution in [0.25, 0.3) is 0 Å². The first-order valence-corrected chi connectivity index (χ1v) is 12.6. The Morgan fingerprint density at radius 2 is 2.12 bits per heavy atom. The fourth-order valence-electron chi connectivity index (χ4n) is 5.56. The van der Waals surface area contributed by atoms with Gasteiger partial charge < -0.3 is 19.6 Å². The summed E-state index contributed by atoms with van der Waals surface area (Å²) in [7, 11) is 0. The Bertz CT molecular complexity index is 744. The van der Waals surface area contributed by atoms with Gasteiger partial charge in [-0.15, -0.1) is 24.9 Å². The monoisotopic (exact) mass is 464 g/mol. The third-order valence-electron chi connectivity index (χ3n) is 6.91. The number of fused-ring (bicyclic) bond motifs is 1. The van der Waals surface area contributed by atoms with E-state index in [0.29, 0.717) is 25.9 Å². The highest BCUT2D eigenvalue weighted by Gasteiger charge is 2.74. The number of likely N-dealkylation sites (tertiary alicyclic amines) is 1. The second-order valence-electron chi connectivity index (χ2n) is 8.84. The van der Waals surface area contributed by atoms with Gasteiger partial charge in [0.25, 0.3) is 0 Å². The van der Waals surface area contributed by atoms with Crippen molar-refractivity contribution in [3.63, 3.8) is 0 Å². The Balaban J connectivity index is 1.90. The summed E-state index contributed by atoms with van der Waals surface area (Å²) in [5.41, 5.74) is 0. The highest BCUT2D eigenvalue weighted by atomic mass is 32.2. The number of carbonyl (C=O) groups is 3. The van der Waals surface area contributed by atoms with Gasteiger partial charge in [0, 0.05) is 24.9 Å². The van der Waals surface area contributed by atoms with Gasteiger partial charge in [-0.05, 0) is 25.7 Å². The second-order valence-corrected chi connectivity index (χ2v) is 10.4. The maximum absolute atomic E-state index is 13.8. The molecule has 178 valence electrons. The first-order valence-electron chi connectivity index (χ1n) is 11.7. The SMILES string of the molecule is C=CCCOC(=O)[C@@H]1[C@@H]2CCC3(S2)C(C(=O)N(CC=C)CCCCC)N(CCO)C(=O)[C@H]13. The van der Waals surface area contributed by atoms with E-state index in [0.717, 1.165) is 25.7 Å². The molecule has 0 aliphatic carbocycles. The van der Waals surface area contributed by atoms with Crippen LogP contribution < -0.4 is 0 Å². The van der Waals surface area contributed by atoms with E-state index in [1.807, 2.05) is 0 Å². The molecule has 1 spiro atoms. The number of amides is 2. The molecule has 0 aromatic rings. The Morgan fingerprint density at radius 3 is 2.78 bits per heavy atom. The zero-order valence-corrected chi connectivity index (χ0v) is 19.9. The number of hydrogen-bond donors (Lipinski definition) is 1. The predicted molar refractivity (Wildman–Crippen MR) is 125 cm³/mol. The van der Waals surface area contributed by atoms with Crippen LogP contribution in [0.1, 0.15) is 45.4 Å². The standard InChI is InChI=1S/C24H36N2O5S/c1-4-7-9-13-25(12-6-3)22(29)20-24-11-10-17(32-24)18(23(30)31-16-8-5-2)19(24)21(28)26(20)14-15-27/h5-6,17-20,27H,2-4,7-16H2,1H3/t17-,18+,19-,20?,24?/m0/s1. The molecule has 7 nitrogen and oxygen atoms in total. The zero-order valence-electron chi connectivity index (χ0n) is 19.0. The van der Waals surface area contributed by atoms with Gasteiger partial charge in [-0.3, -0.25) is 14.4 Å². The number of nitrogens with zero attached hydrogens (tertiary/aromatic N) is 2. The number of rotatable bonds is 13. The summed E-state index contributed by atoms with van der Waals surface area (Å²) in [5.74, 6) is -1.78. The van der Waals surface area contributed by atoms with E-state index >= 15 is 0 Å². The summed E-state index contributed by atoms with van der Waals surface area (Å²) in [6.07, 6.45) is 8.42. The number of β-amino-alcohol motifs (C(OH)–C–C–N with tert-alkyl or cyclic N) is 1. The number of aliphatic hydroxyl groups excluding tert-OH is 1. The van der Waals surface area contributed by atoms with Gasteiger partial charge in [0.15, 0.2) is 0 Å². The first-order chi connectivity index (χ1) is 15.5. The summed E-state index contributed by atoms with van der Waals surface area (Å²) in [5, 5.41) is 9.65. The fraction of sp³-hybridized carbons (Fsp3) is 0.708. The maximum atomic E-state index is 13.8. The molecule has 3 fully saturated rings. The van der Waals surface area contributed by atoms with Gasteiger partial charge >= 0.3 is 5.97 Å². The van der Waals surface area contributed by atoms with Crippen molar-refractivity contribution in [2.24, 2.45) is 11.8 Å². The number of aliphatic hydroxyl groups is 1. The molecule has 3 saturated heterocycles. The van der Waals surface area contributed by atoms with Gasteiger partial charge in [0.2, 0.25) is 11.8 Å². The van der Waals surface area contributed by atoms with Crippen molar-refractivity contribution < 1.29 is 24.2 Å². The predicted octanol–water partition coefficient (Wildman–Crippen LogP) is 2.39. The van der Waals surface area contributed by atoms with E-state index in [1.165, 1.54) is 4.90 Å². The normalized spacial score (nSPS) is 30.3. The largest absolute Gasteiger partial charge is 0.465 e. The molecule has 32 heavy (non-hydrogen) atoms. The van der Waals surface area contributed by atoms with E-state index < -0.39 is 22.6 Å². The smallest absolute Gasteiger partial charge is 0.310 e. The van der Waals surface area contributed by atoms with E-state index in [1.54, 1.807) is 28.8 Å². The van der Waals surface area contributed by atoms with Gasteiger partial charge in [0.05, 0.1) is 29.8 Å². The van der Waals surface area contributed by atoms with Crippen LogP contribution in [0.4, 0.5) is 0 Å². The molecule has 0 aromatic carbocycles. The number of ether oxygens (including phenoxy) is 1. The van der Waals surface area contributed by atoms with E-state index in [4.69, 9.17) is 4.74 Å². The molecule has 2 bridgehead atoms. The molecule has 1 N–H and O–H groups in total. The Morgan fingerprint density at radius 1 is 1.34 bits per heavy atom. The van der Waals surface area contributed by atoms with Crippen LogP contribution in [-0.2, 0) is 19.1 Å². The number of esters is 1. The third-order valence-corrected chi connectivity index (χ3v) is 8.86. The molecule has 3 aliphatic rings. The van der Waals surface area contributed by atoms with E-state index in [9.17, 15) is 19.5 Å². The average molecular weight is 465 g/mol. The summed E-state index contributed by atoms with van der Waals surface area (Å²) in [6.45, 7) is 10.7. The molecule has 3 aliphatic heterocycles. The lowest BCUT2D eigenvalue weighted by Crippen LogP contribution is -2.55. The van der Waals surface area contributed by atoms with Gasteiger partial charge in [-0.2, -0.15) is 0 Å². The van der Waals surface area contributed by atoms with Crippen molar-refractivity contribution in [1.29, 1.82) is 0 Å². The quantitative estimate of drug-likeness (QED) is 0.256. The summed E-state index contributed by atoms with van der Waals surface area (Å²) >= 11 is 1.62. The Labute approximate surface area is 195 Å². The molecule has 2 amide bonds. The minimum Gasteiger partial charge on any atom is -0.465 e. The average Bonchev–Trinajstić information content (AvgIpc) is 3.41. The minimum absolute atomic E-state index is 0.0142. The topological polar surface area (TPSA) is 87.2 Å². The lowest BCUT2D eigenvalue weighted by atomic mass is 9.71. The van der Waals surface area contributed by atoms with Crippen LogP contribution in [0.15, 0.2) is 25.3 Å². The van der Waals surface area contributed by atoms with Crippen LogP contribution in [0, 0.1) is 11.8 Å². The highest BCUT2D eigenvalue weighted by molar-refractivity contribution is 8.02. The van der Waals surface area contributed by atoms with Crippen molar-refractivity contribution in [1.82, 2.24) is 9.80 Å². The van der Waals surface area contributed by atoms with Crippen LogP contribution in [-0.4, -0.2) is 81.6 Å². The number of thioether (sulfide) groups is 1. The maximum Gasteiger partial charge on any atom is 0.310 e. The lowest BCUT2D eigenvalue weighted by molar-refractivity contribution is -0.154. The molecule has 0 radical (unpaired) electrons. The lowest BCUT2D eigenvalue weighted by Gasteiger charge is -2.37. The van der Waals surface area contributed by atoms with Crippen molar-refractivity contribution in [2.75, 3.05) is 32.8 Å². The van der Waals surface area contributed by atoms with E-state index in [-0.39, 0.29) is 42.8 Å². The van der Waals surface area contributed by atoms with Gasteiger partial charge in [-0.25, -0.2) is 0 Å². The Kier molecular flexibility index (Phi) is 8.44. The molecule has 5 atom stereocenters. The van der Waals surface area contributed by atoms with Crippen LogP contribution in [0.3, 0.4) is 0 Å². The number of carbonyl (C=O) groups excluding carboxylic acids is 3. The van der Waals surface area contributed by atoms with E-state index in [2.05, 4.69) is 20.1 Å². The molecular formula is C24H36N2O5S. The third kappa shape index (κ3) is 4.36. The van der Waals surface area contributed by atoms with Crippen molar-refractivity contribution in [3.05, 3.63) is 25.3 Å². The number of unbranched alkanes of at least 4 members (excludes halogenated alkanes) is 2. The van der Waals surface area contributed by atoms with Gasteiger partial charge in [0.1, 0.15) is 6.04 Å². The molecule has 0 saturated carbocycles. The van der Waals surface area contributed by atoms with Gasteiger partial charge in [-0.1, -0.05) is 31.9 Å². The molecule has 3 rings (SSSR count). The summed E-state index contributed by atoms with van der Waals surface area (Å²) in [6, 6.07) is -0.672. The summed E-state index contributed by atoms with van der Waals surface area (Å²) < 4.78 is 4.82. The fourth-order valence-corrected chi connectivity index (χ4v) is 7.76. The van der Waals surface area contributed by atoms with Crippen molar-refractivity contribution in [3.8, 4) is 0 Å².